The Labute approximate surface area is 180 Å². The van der Waals surface area contributed by atoms with Crippen molar-refractivity contribution >= 4 is 38.9 Å². The molecule has 0 aliphatic carbocycles. The van der Waals surface area contributed by atoms with Gasteiger partial charge in [-0.05, 0) is 56.3 Å². The number of aromatic nitrogens is 2. The molecule has 2 aromatic carbocycles. The molecular formula is C21H23N5O4S. The van der Waals surface area contributed by atoms with Gasteiger partial charge < -0.3 is 10.6 Å². The molecule has 31 heavy (non-hydrogen) atoms. The number of carbonyl (C=O) groups excluding carboxylic acids is 2. The lowest BCUT2D eigenvalue weighted by molar-refractivity contribution is -0.114. The maximum atomic E-state index is 13.0. The zero-order chi connectivity index (χ0) is 22.8. The van der Waals surface area contributed by atoms with E-state index < -0.39 is 15.9 Å². The van der Waals surface area contributed by atoms with Crippen LogP contribution in [0.1, 0.15) is 28.7 Å². The summed E-state index contributed by atoms with van der Waals surface area (Å²) in [5.41, 5.74) is 3.63. The predicted octanol–water partition coefficient (Wildman–Crippen LogP) is 3.07. The third-order valence-corrected chi connectivity index (χ3v) is 4.83. The van der Waals surface area contributed by atoms with Crippen molar-refractivity contribution in [3.05, 3.63) is 65.5 Å². The normalized spacial score (nSPS) is 11.1. The van der Waals surface area contributed by atoms with Crippen molar-refractivity contribution in [1.29, 1.82) is 0 Å². The summed E-state index contributed by atoms with van der Waals surface area (Å²) in [4.78, 5) is 24.4. The molecule has 3 aromatic rings. The summed E-state index contributed by atoms with van der Waals surface area (Å²) in [6.07, 6.45) is 0.994. The molecule has 0 saturated heterocycles. The average molecular weight is 442 g/mol. The van der Waals surface area contributed by atoms with Crippen LogP contribution in [0.15, 0.2) is 48.5 Å². The maximum Gasteiger partial charge on any atom is 0.257 e. The molecule has 0 fully saturated rings. The van der Waals surface area contributed by atoms with Gasteiger partial charge in [-0.1, -0.05) is 6.07 Å². The van der Waals surface area contributed by atoms with Crippen LogP contribution in [-0.2, 0) is 14.8 Å². The van der Waals surface area contributed by atoms with Crippen molar-refractivity contribution in [1.82, 2.24) is 9.78 Å². The van der Waals surface area contributed by atoms with Crippen LogP contribution in [0.5, 0.6) is 0 Å². The number of benzene rings is 2. The predicted molar refractivity (Wildman–Crippen MR) is 120 cm³/mol. The summed E-state index contributed by atoms with van der Waals surface area (Å²) in [6, 6.07) is 13.4. The lowest BCUT2D eigenvalue weighted by Gasteiger charge is -2.14. The lowest BCUT2D eigenvalue weighted by atomic mass is 10.1. The van der Waals surface area contributed by atoms with Gasteiger partial charge in [-0.2, -0.15) is 5.10 Å². The van der Waals surface area contributed by atoms with Crippen LogP contribution >= 0.6 is 0 Å². The van der Waals surface area contributed by atoms with E-state index in [2.05, 4.69) is 20.5 Å². The van der Waals surface area contributed by atoms with Crippen LogP contribution in [-0.4, -0.2) is 36.3 Å². The Balaban J connectivity index is 1.94. The first-order valence-corrected chi connectivity index (χ1v) is 11.3. The Morgan fingerprint density at radius 1 is 0.968 bits per heavy atom. The monoisotopic (exact) mass is 441 g/mol. The molecule has 3 N–H and O–H groups in total. The Bertz CT molecular complexity index is 1260. The van der Waals surface area contributed by atoms with Gasteiger partial charge in [0.1, 0.15) is 0 Å². The van der Waals surface area contributed by atoms with Crippen LogP contribution in [0, 0.1) is 13.8 Å². The fourth-order valence-electron chi connectivity index (χ4n) is 3.11. The van der Waals surface area contributed by atoms with Crippen molar-refractivity contribution in [3.63, 3.8) is 0 Å². The van der Waals surface area contributed by atoms with Crippen LogP contribution < -0.4 is 15.4 Å². The number of nitrogens with zero attached hydrogens (tertiary/aromatic N) is 2. The van der Waals surface area contributed by atoms with Gasteiger partial charge in [0.2, 0.25) is 15.9 Å². The van der Waals surface area contributed by atoms with E-state index >= 15 is 0 Å². The second-order valence-corrected chi connectivity index (χ2v) is 8.91. The lowest BCUT2D eigenvalue weighted by Crippen LogP contribution is -2.18. The zero-order valence-electron chi connectivity index (χ0n) is 17.6. The van der Waals surface area contributed by atoms with Gasteiger partial charge in [-0.3, -0.25) is 14.3 Å². The molecule has 9 nitrogen and oxygen atoms in total. The minimum Gasteiger partial charge on any atom is -0.326 e. The maximum absolute atomic E-state index is 13.0. The van der Waals surface area contributed by atoms with Crippen LogP contribution in [0.2, 0.25) is 0 Å². The SMILES string of the molecule is CC(=O)Nc1ccc(NS(C)(=O)=O)c(C(=O)Nc2cccc(-n3nc(C)cc3C)c2)c1. The Kier molecular flexibility index (Phi) is 6.11. The molecule has 0 radical (unpaired) electrons. The average Bonchev–Trinajstić information content (AvgIpc) is 2.99. The minimum atomic E-state index is -3.62. The Hall–Kier alpha value is -3.66. The fourth-order valence-corrected chi connectivity index (χ4v) is 3.68. The zero-order valence-corrected chi connectivity index (χ0v) is 18.4. The molecule has 10 heteroatoms. The highest BCUT2D eigenvalue weighted by molar-refractivity contribution is 7.92. The summed E-state index contributed by atoms with van der Waals surface area (Å²) in [5, 5.41) is 9.80. The van der Waals surface area contributed by atoms with Gasteiger partial charge in [-0.15, -0.1) is 0 Å². The summed E-state index contributed by atoms with van der Waals surface area (Å²) < 4.78 is 27.5. The molecular weight excluding hydrogens is 418 g/mol. The number of rotatable bonds is 6. The molecule has 0 unspecified atom stereocenters. The molecule has 0 aliphatic heterocycles. The molecule has 0 bridgehead atoms. The van der Waals surface area contributed by atoms with Crippen molar-refractivity contribution < 1.29 is 18.0 Å². The highest BCUT2D eigenvalue weighted by Crippen LogP contribution is 2.24. The van der Waals surface area contributed by atoms with Crippen molar-refractivity contribution in [2.45, 2.75) is 20.8 Å². The first-order valence-electron chi connectivity index (χ1n) is 9.36. The number of nitrogens with one attached hydrogen (secondary N) is 3. The van der Waals surface area contributed by atoms with Gasteiger partial charge in [-0.25, -0.2) is 13.1 Å². The standard InChI is InChI=1S/C21H23N5O4S/c1-13-10-14(2)26(24-13)18-7-5-6-16(11-18)23-21(28)19-12-17(22-15(3)27)8-9-20(19)25-31(4,29)30/h5-12,25H,1-4H3,(H,22,27)(H,23,28). The van der Waals surface area contributed by atoms with E-state index in [0.29, 0.717) is 11.4 Å². The molecule has 0 atom stereocenters. The molecule has 3 rings (SSSR count). The highest BCUT2D eigenvalue weighted by atomic mass is 32.2. The van der Waals surface area contributed by atoms with Gasteiger partial charge in [0.25, 0.3) is 5.91 Å². The van der Waals surface area contributed by atoms with Gasteiger partial charge in [0, 0.05) is 24.0 Å². The first kappa shape index (κ1) is 22.0. The quantitative estimate of drug-likeness (QED) is 0.543. The van der Waals surface area contributed by atoms with E-state index in [1.54, 1.807) is 22.9 Å². The summed E-state index contributed by atoms with van der Waals surface area (Å²) in [6.45, 7) is 5.17. The summed E-state index contributed by atoms with van der Waals surface area (Å²) in [5.74, 6) is -0.850. The van der Waals surface area contributed by atoms with Gasteiger partial charge in [0.15, 0.2) is 0 Å². The van der Waals surface area contributed by atoms with Gasteiger partial charge in [0.05, 0.1) is 28.9 Å². The van der Waals surface area contributed by atoms with E-state index in [4.69, 9.17) is 0 Å². The number of sulfonamides is 1. The second-order valence-electron chi connectivity index (χ2n) is 7.16. The Morgan fingerprint density at radius 3 is 2.29 bits per heavy atom. The molecule has 2 amide bonds. The molecule has 162 valence electrons. The van der Waals surface area contributed by atoms with Crippen molar-refractivity contribution in [3.8, 4) is 5.69 Å². The number of anilines is 3. The molecule has 1 heterocycles. The number of carbonyl (C=O) groups is 2. The summed E-state index contributed by atoms with van der Waals surface area (Å²) in [7, 11) is -3.62. The van der Waals surface area contributed by atoms with E-state index in [-0.39, 0.29) is 17.2 Å². The summed E-state index contributed by atoms with van der Waals surface area (Å²) >= 11 is 0. The largest absolute Gasteiger partial charge is 0.326 e. The van der Waals surface area contributed by atoms with E-state index in [1.165, 1.54) is 25.1 Å². The van der Waals surface area contributed by atoms with Crippen LogP contribution in [0.3, 0.4) is 0 Å². The number of hydrogen-bond acceptors (Lipinski definition) is 5. The van der Waals surface area contributed by atoms with E-state index in [0.717, 1.165) is 23.3 Å². The van der Waals surface area contributed by atoms with Crippen molar-refractivity contribution in [2.24, 2.45) is 0 Å². The number of amides is 2. The second kappa shape index (κ2) is 8.60. The molecule has 0 saturated carbocycles. The molecule has 0 aliphatic rings. The van der Waals surface area contributed by atoms with Crippen molar-refractivity contribution in [2.75, 3.05) is 21.6 Å². The number of hydrogen-bond donors (Lipinski definition) is 3. The topological polar surface area (TPSA) is 122 Å². The number of aryl methyl sites for hydroxylation is 2. The van der Waals surface area contributed by atoms with Gasteiger partial charge >= 0.3 is 0 Å². The molecule has 1 aromatic heterocycles. The third kappa shape index (κ3) is 5.70. The Morgan fingerprint density at radius 2 is 1.68 bits per heavy atom. The highest BCUT2D eigenvalue weighted by Gasteiger charge is 2.16. The van der Waals surface area contributed by atoms with Crippen LogP contribution in [0.4, 0.5) is 17.1 Å². The van der Waals surface area contributed by atoms with E-state index in [9.17, 15) is 18.0 Å². The van der Waals surface area contributed by atoms with E-state index in [1.807, 2.05) is 26.0 Å². The minimum absolute atomic E-state index is 0.0631. The molecule has 0 spiro atoms. The first-order chi connectivity index (χ1) is 14.5. The smallest absolute Gasteiger partial charge is 0.257 e. The third-order valence-electron chi connectivity index (χ3n) is 4.24. The fraction of sp³-hybridized carbons (Fsp3) is 0.190. The van der Waals surface area contributed by atoms with Crippen LogP contribution in [0.25, 0.3) is 5.69 Å².